The number of ether oxygens (including phenoxy) is 3. The molecule has 7 nitrogen and oxygen atoms in total. The van der Waals surface area contributed by atoms with E-state index in [0.717, 1.165) is 22.4 Å². The first-order chi connectivity index (χ1) is 17.8. The molecular formula is C29H31ClO7. The van der Waals surface area contributed by atoms with Gasteiger partial charge in [0.2, 0.25) is 0 Å². The molecule has 3 aromatic rings. The maximum absolute atomic E-state index is 10.5. The van der Waals surface area contributed by atoms with Crippen molar-refractivity contribution in [1.82, 2.24) is 0 Å². The lowest BCUT2D eigenvalue weighted by Gasteiger charge is -2.40. The monoisotopic (exact) mass is 526 g/mol. The Kier molecular flexibility index (Phi) is 7.56. The minimum Gasteiger partial charge on any atom is -0.490 e. The molecule has 2 aliphatic heterocycles. The first-order valence-electron chi connectivity index (χ1n) is 12.3. The summed E-state index contributed by atoms with van der Waals surface area (Å²) in [6.45, 7) is 2.54. The summed E-state index contributed by atoms with van der Waals surface area (Å²) in [5, 5.41) is 40.7. The number of halogens is 1. The maximum atomic E-state index is 10.5. The van der Waals surface area contributed by atoms with Crippen molar-refractivity contribution < 1.29 is 34.6 Å². The van der Waals surface area contributed by atoms with E-state index in [2.05, 4.69) is 12.1 Å². The SMILES string of the molecule is C[C@]1(COc2ccc(Cc3cc([C@@H]4O[C@H](CO)[C@@H](O)[C@H](O)[C@H]4O)ccc3Cl)cc2)OCc2ccccc21. The van der Waals surface area contributed by atoms with Gasteiger partial charge in [-0.1, -0.05) is 60.1 Å². The molecule has 0 aromatic heterocycles. The Bertz CT molecular complexity index is 1230. The highest BCUT2D eigenvalue weighted by atomic mass is 35.5. The van der Waals surface area contributed by atoms with Crippen LogP contribution < -0.4 is 4.74 Å². The van der Waals surface area contributed by atoms with Crippen LogP contribution in [-0.4, -0.2) is 58.1 Å². The van der Waals surface area contributed by atoms with Crippen molar-refractivity contribution >= 4 is 11.6 Å². The van der Waals surface area contributed by atoms with Crippen molar-refractivity contribution in [2.45, 2.75) is 56.1 Å². The van der Waals surface area contributed by atoms with Gasteiger partial charge in [0.05, 0.1) is 13.2 Å². The van der Waals surface area contributed by atoms with Gasteiger partial charge in [-0.3, -0.25) is 0 Å². The molecule has 0 unspecified atom stereocenters. The summed E-state index contributed by atoms with van der Waals surface area (Å²) in [7, 11) is 0. The fraction of sp³-hybridized carbons (Fsp3) is 0.379. The molecule has 2 heterocycles. The van der Waals surface area contributed by atoms with Gasteiger partial charge in [-0.15, -0.1) is 0 Å². The number of benzene rings is 3. The molecule has 1 saturated heterocycles. The average Bonchev–Trinajstić information content (AvgIpc) is 3.25. The van der Waals surface area contributed by atoms with Crippen molar-refractivity contribution in [3.05, 3.63) is 99.6 Å². The molecule has 2 aliphatic rings. The van der Waals surface area contributed by atoms with Crippen LogP contribution in [0.2, 0.25) is 5.02 Å². The largest absolute Gasteiger partial charge is 0.490 e. The van der Waals surface area contributed by atoms with Gasteiger partial charge < -0.3 is 34.6 Å². The van der Waals surface area contributed by atoms with Crippen LogP contribution in [0.1, 0.15) is 40.8 Å². The molecule has 0 radical (unpaired) electrons. The molecule has 0 spiro atoms. The Morgan fingerprint density at radius 1 is 0.973 bits per heavy atom. The predicted octanol–water partition coefficient (Wildman–Crippen LogP) is 3.27. The van der Waals surface area contributed by atoms with E-state index in [1.165, 1.54) is 5.56 Å². The third-order valence-corrected chi connectivity index (χ3v) is 7.62. The lowest BCUT2D eigenvalue weighted by atomic mass is 9.90. The topological polar surface area (TPSA) is 109 Å². The van der Waals surface area contributed by atoms with E-state index in [1.807, 2.05) is 49.4 Å². The van der Waals surface area contributed by atoms with E-state index in [4.69, 9.17) is 25.8 Å². The second-order valence-electron chi connectivity index (χ2n) is 9.89. The molecule has 196 valence electrons. The summed E-state index contributed by atoms with van der Waals surface area (Å²) in [5.41, 5.74) is 4.27. The lowest BCUT2D eigenvalue weighted by molar-refractivity contribution is -0.231. The Morgan fingerprint density at radius 2 is 1.73 bits per heavy atom. The van der Waals surface area contributed by atoms with Gasteiger partial charge in [-0.25, -0.2) is 0 Å². The second kappa shape index (κ2) is 10.7. The minimum absolute atomic E-state index is 0.399. The van der Waals surface area contributed by atoms with Crippen LogP contribution in [-0.2, 0) is 28.1 Å². The van der Waals surface area contributed by atoms with Crippen LogP contribution in [0.15, 0.2) is 66.7 Å². The molecule has 6 atom stereocenters. The number of hydrogen-bond acceptors (Lipinski definition) is 7. The van der Waals surface area contributed by atoms with E-state index >= 15 is 0 Å². The van der Waals surface area contributed by atoms with Crippen molar-refractivity contribution in [3.8, 4) is 5.75 Å². The van der Waals surface area contributed by atoms with Gasteiger partial charge in [-0.2, -0.15) is 0 Å². The highest BCUT2D eigenvalue weighted by molar-refractivity contribution is 6.31. The summed E-state index contributed by atoms with van der Waals surface area (Å²) in [6, 6.07) is 21.2. The zero-order chi connectivity index (χ0) is 26.2. The maximum Gasteiger partial charge on any atom is 0.125 e. The van der Waals surface area contributed by atoms with E-state index in [1.54, 1.807) is 12.1 Å². The van der Waals surface area contributed by atoms with Crippen molar-refractivity contribution in [2.75, 3.05) is 13.2 Å². The molecule has 0 saturated carbocycles. The van der Waals surface area contributed by atoms with Gasteiger partial charge in [0.15, 0.2) is 0 Å². The predicted molar refractivity (Wildman–Crippen MR) is 137 cm³/mol. The van der Waals surface area contributed by atoms with Gasteiger partial charge in [0.1, 0.15) is 48.5 Å². The number of aliphatic hydroxyl groups excluding tert-OH is 4. The molecule has 0 bridgehead atoms. The Hall–Kier alpha value is -2.49. The van der Waals surface area contributed by atoms with Crippen LogP contribution >= 0.6 is 11.6 Å². The first-order valence-corrected chi connectivity index (χ1v) is 12.7. The van der Waals surface area contributed by atoms with Gasteiger partial charge in [-0.05, 0) is 59.4 Å². The van der Waals surface area contributed by atoms with E-state index in [-0.39, 0.29) is 0 Å². The zero-order valence-electron chi connectivity index (χ0n) is 20.5. The quantitative estimate of drug-likeness (QED) is 0.374. The number of aliphatic hydroxyl groups is 4. The summed E-state index contributed by atoms with van der Waals surface area (Å²) >= 11 is 6.47. The number of fused-ring (bicyclic) bond motifs is 1. The second-order valence-corrected chi connectivity index (χ2v) is 10.3. The van der Waals surface area contributed by atoms with E-state index < -0.39 is 42.7 Å². The molecule has 1 fully saturated rings. The highest BCUT2D eigenvalue weighted by Crippen LogP contribution is 2.37. The molecule has 4 N–H and O–H groups in total. The molecule has 5 rings (SSSR count). The summed E-state index contributed by atoms with van der Waals surface area (Å²) < 4.78 is 17.8. The summed E-state index contributed by atoms with van der Waals surface area (Å²) in [4.78, 5) is 0. The first kappa shape index (κ1) is 26.1. The van der Waals surface area contributed by atoms with Crippen LogP contribution in [0.3, 0.4) is 0 Å². The zero-order valence-corrected chi connectivity index (χ0v) is 21.2. The molecule has 37 heavy (non-hydrogen) atoms. The molecular weight excluding hydrogens is 496 g/mol. The van der Waals surface area contributed by atoms with Crippen molar-refractivity contribution in [2.24, 2.45) is 0 Å². The summed E-state index contributed by atoms with van der Waals surface area (Å²) in [6.07, 6.45) is -5.54. The standard InChI is InChI=1S/C29H31ClO7/c1-29(22-5-3-2-4-19(22)15-36-29)16-35-21-9-6-17(7-10-21)12-20-13-18(8-11-23(20)30)28-27(34)26(33)25(32)24(14-31)37-28/h2-11,13,24-28,31-34H,12,14-16H2,1H3/t24-,25-,26+,27-,28+,29-/m1/s1. The summed E-state index contributed by atoms with van der Waals surface area (Å²) in [5.74, 6) is 0.735. The third kappa shape index (κ3) is 5.26. The van der Waals surface area contributed by atoms with Crippen LogP contribution in [0, 0.1) is 0 Å². The van der Waals surface area contributed by atoms with Crippen LogP contribution in [0.5, 0.6) is 5.75 Å². The third-order valence-electron chi connectivity index (χ3n) is 7.26. The van der Waals surface area contributed by atoms with Gasteiger partial charge in [0, 0.05) is 5.02 Å². The highest BCUT2D eigenvalue weighted by Gasteiger charge is 2.44. The molecule has 0 aliphatic carbocycles. The fourth-order valence-corrected chi connectivity index (χ4v) is 5.21. The van der Waals surface area contributed by atoms with Crippen molar-refractivity contribution in [1.29, 1.82) is 0 Å². The fourth-order valence-electron chi connectivity index (χ4n) is 5.03. The van der Waals surface area contributed by atoms with E-state index in [9.17, 15) is 20.4 Å². The normalized spacial score (nSPS) is 29.2. The Balaban J connectivity index is 1.26. The lowest BCUT2D eigenvalue weighted by Crippen LogP contribution is -2.55. The average molecular weight is 527 g/mol. The van der Waals surface area contributed by atoms with Gasteiger partial charge >= 0.3 is 0 Å². The minimum atomic E-state index is -1.44. The van der Waals surface area contributed by atoms with E-state index in [0.29, 0.717) is 30.2 Å². The van der Waals surface area contributed by atoms with Crippen LogP contribution in [0.4, 0.5) is 0 Å². The van der Waals surface area contributed by atoms with Crippen LogP contribution in [0.25, 0.3) is 0 Å². The Labute approximate surface area is 220 Å². The van der Waals surface area contributed by atoms with Gasteiger partial charge in [0.25, 0.3) is 0 Å². The smallest absolute Gasteiger partial charge is 0.125 e. The Morgan fingerprint density at radius 3 is 2.49 bits per heavy atom. The molecule has 0 amide bonds. The van der Waals surface area contributed by atoms with Crippen molar-refractivity contribution in [3.63, 3.8) is 0 Å². The molecule has 3 aromatic carbocycles. The number of hydrogen-bond donors (Lipinski definition) is 4. The number of rotatable bonds is 7. The molecule has 8 heteroatoms.